The van der Waals surface area contributed by atoms with Gasteiger partial charge in [0.15, 0.2) is 17.3 Å². The maximum absolute atomic E-state index is 12.1. The summed E-state index contributed by atoms with van der Waals surface area (Å²) < 4.78 is 47.9. The van der Waals surface area contributed by atoms with E-state index in [1.54, 1.807) is 31.2 Å². The third kappa shape index (κ3) is 6.02. The molecule has 0 bridgehead atoms. The van der Waals surface area contributed by atoms with Crippen molar-refractivity contribution in [3.8, 4) is 34.5 Å². The second-order valence-corrected chi connectivity index (χ2v) is 6.91. The maximum atomic E-state index is 12.1. The standard InChI is InChI=1S/C21H20N4O8S/c1-3-31-21(27)14-12-13(8-9-22-14)18-23-19(25-34(28)29)17(20(24-18)32-11-10-26)33-16-7-5-4-6-15(16)30-2/h4-9,12,26H,3,10-11H2,1-2H3. The van der Waals surface area contributed by atoms with Gasteiger partial charge in [0, 0.05) is 11.8 Å². The van der Waals surface area contributed by atoms with Crippen molar-refractivity contribution < 1.29 is 37.3 Å². The van der Waals surface area contributed by atoms with E-state index in [9.17, 15) is 18.3 Å². The molecule has 0 atom stereocenters. The van der Waals surface area contributed by atoms with E-state index in [1.165, 1.54) is 25.4 Å². The number of aromatic nitrogens is 3. The number of rotatable bonds is 10. The van der Waals surface area contributed by atoms with Crippen LogP contribution in [0.3, 0.4) is 0 Å². The largest absolute Gasteiger partial charge is 0.493 e. The Morgan fingerprint density at radius 2 is 1.91 bits per heavy atom. The summed E-state index contributed by atoms with van der Waals surface area (Å²) in [6.45, 7) is 1.29. The zero-order valence-corrected chi connectivity index (χ0v) is 19.0. The second kappa shape index (κ2) is 11.7. The Kier molecular flexibility index (Phi) is 8.43. The number of carbonyl (C=O) groups is 1. The highest BCUT2D eigenvalue weighted by Crippen LogP contribution is 2.42. The lowest BCUT2D eigenvalue weighted by Gasteiger charge is -2.15. The molecular formula is C21H20N4O8S. The molecule has 0 aliphatic heterocycles. The molecule has 0 saturated heterocycles. The molecule has 0 unspecified atom stereocenters. The summed E-state index contributed by atoms with van der Waals surface area (Å²) >= 11 is 0. The molecule has 2 heterocycles. The molecule has 1 aromatic carbocycles. The van der Waals surface area contributed by atoms with Crippen LogP contribution in [0.15, 0.2) is 47.0 Å². The average Bonchev–Trinajstić information content (AvgIpc) is 2.84. The number of hydrogen-bond acceptors (Lipinski definition) is 12. The fraction of sp³-hybridized carbons (Fsp3) is 0.238. The maximum Gasteiger partial charge on any atom is 0.356 e. The van der Waals surface area contributed by atoms with Gasteiger partial charge in [-0.05, 0) is 31.2 Å². The fourth-order valence-corrected chi connectivity index (χ4v) is 2.97. The van der Waals surface area contributed by atoms with Crippen LogP contribution >= 0.6 is 0 Å². The Morgan fingerprint density at radius 3 is 2.59 bits per heavy atom. The number of pyridine rings is 1. The number of hydrogen-bond donors (Lipinski definition) is 1. The van der Waals surface area contributed by atoms with Crippen molar-refractivity contribution in [2.45, 2.75) is 6.92 Å². The van der Waals surface area contributed by atoms with Gasteiger partial charge < -0.3 is 24.1 Å². The molecule has 2 aromatic heterocycles. The third-order valence-corrected chi connectivity index (χ3v) is 4.41. The predicted molar refractivity (Wildman–Crippen MR) is 118 cm³/mol. The van der Waals surface area contributed by atoms with Crippen molar-refractivity contribution in [2.24, 2.45) is 4.36 Å². The minimum atomic E-state index is -2.90. The smallest absolute Gasteiger partial charge is 0.356 e. The van der Waals surface area contributed by atoms with Gasteiger partial charge in [-0.3, -0.25) is 0 Å². The molecule has 1 N–H and O–H groups in total. The second-order valence-electron chi connectivity index (χ2n) is 6.29. The Balaban J connectivity index is 2.18. The lowest BCUT2D eigenvalue weighted by molar-refractivity contribution is 0.0519. The molecule has 0 amide bonds. The van der Waals surface area contributed by atoms with E-state index in [4.69, 9.17) is 18.9 Å². The molecule has 178 valence electrons. The van der Waals surface area contributed by atoms with Crippen LogP contribution in [-0.2, 0) is 15.2 Å². The van der Waals surface area contributed by atoms with Gasteiger partial charge in [0.1, 0.15) is 12.3 Å². The molecule has 12 nitrogen and oxygen atoms in total. The predicted octanol–water partition coefficient (Wildman–Crippen LogP) is 2.58. The van der Waals surface area contributed by atoms with Crippen LogP contribution in [0.25, 0.3) is 11.4 Å². The number of carbonyl (C=O) groups excluding carboxylic acids is 1. The van der Waals surface area contributed by atoms with E-state index in [0.29, 0.717) is 11.3 Å². The van der Waals surface area contributed by atoms with Gasteiger partial charge in [-0.25, -0.2) is 14.8 Å². The van der Waals surface area contributed by atoms with Crippen molar-refractivity contribution >= 4 is 22.3 Å². The minimum absolute atomic E-state index is 0.000940. The van der Waals surface area contributed by atoms with Gasteiger partial charge in [0.25, 0.3) is 5.88 Å². The monoisotopic (exact) mass is 488 g/mol. The topological polar surface area (TPSA) is 159 Å². The molecule has 0 saturated carbocycles. The summed E-state index contributed by atoms with van der Waals surface area (Å²) in [5.74, 6) is -0.889. The number of methoxy groups -OCH3 is 1. The Hall–Kier alpha value is -4.10. The zero-order valence-electron chi connectivity index (χ0n) is 18.2. The van der Waals surface area contributed by atoms with Crippen LogP contribution < -0.4 is 14.2 Å². The molecular weight excluding hydrogens is 468 g/mol. The summed E-state index contributed by atoms with van der Waals surface area (Å²) in [6, 6.07) is 9.49. The normalized spacial score (nSPS) is 10.3. The Labute approximate surface area is 195 Å². The lowest BCUT2D eigenvalue weighted by Crippen LogP contribution is -2.08. The zero-order chi connectivity index (χ0) is 24.5. The summed E-state index contributed by atoms with van der Waals surface area (Å²) in [7, 11) is -1.46. The van der Waals surface area contributed by atoms with Crippen LogP contribution in [0, 0.1) is 0 Å². The summed E-state index contributed by atoms with van der Waals surface area (Å²) in [4.78, 5) is 24.5. The van der Waals surface area contributed by atoms with Crippen molar-refractivity contribution in [3.05, 3.63) is 48.3 Å². The van der Waals surface area contributed by atoms with Gasteiger partial charge in [0.05, 0.1) is 20.3 Å². The molecule has 0 fully saturated rings. The fourth-order valence-electron chi connectivity index (χ4n) is 2.71. The molecule has 13 heteroatoms. The van der Waals surface area contributed by atoms with E-state index in [1.807, 2.05) is 0 Å². The number of ether oxygens (including phenoxy) is 4. The SMILES string of the molecule is CCOC(=O)c1cc(-c2nc(N=S(=O)=O)c(Oc3ccccc3OC)c(OCCO)n2)ccn1. The van der Waals surface area contributed by atoms with Crippen molar-refractivity contribution in [1.82, 2.24) is 15.0 Å². The van der Waals surface area contributed by atoms with E-state index in [-0.39, 0.29) is 54.5 Å². The number of benzene rings is 1. The van der Waals surface area contributed by atoms with Crippen molar-refractivity contribution in [2.75, 3.05) is 26.9 Å². The first-order valence-electron chi connectivity index (χ1n) is 9.88. The molecule has 34 heavy (non-hydrogen) atoms. The summed E-state index contributed by atoms with van der Waals surface area (Å²) in [6.07, 6.45) is 1.35. The first kappa shape index (κ1) is 24.5. The molecule has 3 rings (SSSR count). The van der Waals surface area contributed by atoms with Gasteiger partial charge in [-0.1, -0.05) is 12.1 Å². The van der Waals surface area contributed by atoms with Crippen LogP contribution in [0.2, 0.25) is 0 Å². The molecule has 0 aliphatic carbocycles. The summed E-state index contributed by atoms with van der Waals surface area (Å²) in [5, 5.41) is 9.23. The number of nitrogens with zero attached hydrogens (tertiary/aromatic N) is 4. The van der Waals surface area contributed by atoms with Gasteiger partial charge in [-0.15, -0.1) is 4.36 Å². The number of esters is 1. The number of para-hydroxylation sites is 2. The van der Waals surface area contributed by atoms with E-state index >= 15 is 0 Å². The quantitative estimate of drug-likeness (QED) is 0.418. The minimum Gasteiger partial charge on any atom is -0.493 e. The highest BCUT2D eigenvalue weighted by atomic mass is 32.2. The first-order chi connectivity index (χ1) is 16.5. The third-order valence-electron chi connectivity index (χ3n) is 4.09. The van der Waals surface area contributed by atoms with Gasteiger partial charge in [-0.2, -0.15) is 13.4 Å². The van der Waals surface area contributed by atoms with E-state index in [2.05, 4.69) is 19.3 Å². The first-order valence-corrected chi connectivity index (χ1v) is 10.9. The molecule has 0 spiro atoms. The Morgan fingerprint density at radius 1 is 1.15 bits per heavy atom. The molecule has 0 radical (unpaired) electrons. The molecule has 0 aliphatic rings. The highest BCUT2D eigenvalue weighted by Gasteiger charge is 2.22. The lowest BCUT2D eigenvalue weighted by atomic mass is 10.2. The van der Waals surface area contributed by atoms with Gasteiger partial charge in [0.2, 0.25) is 11.6 Å². The van der Waals surface area contributed by atoms with Crippen LogP contribution in [0.5, 0.6) is 23.1 Å². The van der Waals surface area contributed by atoms with Crippen LogP contribution in [0.4, 0.5) is 5.82 Å². The van der Waals surface area contributed by atoms with E-state index < -0.39 is 16.5 Å². The highest BCUT2D eigenvalue weighted by molar-refractivity contribution is 7.61. The molecule has 3 aromatic rings. The van der Waals surface area contributed by atoms with Crippen LogP contribution in [0.1, 0.15) is 17.4 Å². The number of aliphatic hydroxyl groups excluding tert-OH is 1. The Bertz CT molecular complexity index is 1310. The van der Waals surface area contributed by atoms with Crippen molar-refractivity contribution in [1.29, 1.82) is 0 Å². The van der Waals surface area contributed by atoms with Crippen molar-refractivity contribution in [3.63, 3.8) is 0 Å². The number of aliphatic hydroxyl groups is 1. The van der Waals surface area contributed by atoms with Gasteiger partial charge >= 0.3 is 16.5 Å². The van der Waals surface area contributed by atoms with Crippen LogP contribution in [-0.4, -0.2) is 61.4 Å². The summed E-state index contributed by atoms with van der Waals surface area (Å²) in [5.41, 5.74) is 0.310. The van der Waals surface area contributed by atoms with E-state index in [0.717, 1.165) is 0 Å². The average molecular weight is 488 g/mol.